The second kappa shape index (κ2) is 9.68. The predicted octanol–water partition coefficient (Wildman–Crippen LogP) is 4.60. The lowest BCUT2D eigenvalue weighted by atomic mass is 9.91. The molecule has 1 aliphatic rings. The number of hydrogen-bond acceptors (Lipinski definition) is 6. The predicted molar refractivity (Wildman–Crippen MR) is 124 cm³/mol. The first-order valence-electron chi connectivity index (χ1n) is 10.5. The van der Waals surface area contributed by atoms with E-state index in [-0.39, 0.29) is 34.8 Å². The van der Waals surface area contributed by atoms with Crippen LogP contribution in [0.25, 0.3) is 11.1 Å². The maximum atomic E-state index is 14.7. The molecule has 1 amide bonds. The van der Waals surface area contributed by atoms with Gasteiger partial charge in [-0.25, -0.2) is 13.8 Å². The van der Waals surface area contributed by atoms with E-state index in [2.05, 4.69) is 20.6 Å². The highest BCUT2D eigenvalue weighted by Crippen LogP contribution is 2.30. The van der Waals surface area contributed by atoms with E-state index in [0.717, 1.165) is 31.7 Å². The molecule has 10 heteroatoms. The Bertz CT molecular complexity index is 1190. The lowest BCUT2D eigenvalue weighted by Crippen LogP contribution is -2.43. The summed E-state index contributed by atoms with van der Waals surface area (Å²) in [5, 5.41) is 6.38. The van der Waals surface area contributed by atoms with E-state index in [0.29, 0.717) is 16.3 Å². The summed E-state index contributed by atoms with van der Waals surface area (Å²) in [6.45, 7) is 0. The maximum Gasteiger partial charge on any atom is 0.252 e. The first-order chi connectivity index (χ1) is 15.8. The Morgan fingerprint density at radius 2 is 1.85 bits per heavy atom. The number of nitrogens with two attached hydrogens (primary N) is 2. The second-order valence-corrected chi connectivity index (χ2v) is 8.43. The molecule has 1 saturated carbocycles. The number of rotatable bonds is 6. The molecule has 1 fully saturated rings. The number of hydrogen-bond donors (Lipinski definition) is 4. The molecule has 4 rings (SSSR count). The first kappa shape index (κ1) is 22.9. The Kier molecular flexibility index (Phi) is 6.71. The lowest BCUT2D eigenvalue weighted by Gasteiger charge is -2.30. The highest BCUT2D eigenvalue weighted by molar-refractivity contribution is 6.30. The maximum absolute atomic E-state index is 14.7. The fourth-order valence-corrected chi connectivity index (χ4v) is 4.07. The van der Waals surface area contributed by atoms with Crippen molar-refractivity contribution in [3.05, 3.63) is 64.9 Å². The zero-order valence-corrected chi connectivity index (χ0v) is 18.4. The molecule has 0 unspecified atom stereocenters. The number of carbonyl (C=O) groups is 1. The molecule has 1 aromatic carbocycles. The van der Waals surface area contributed by atoms with Gasteiger partial charge in [0.15, 0.2) is 11.6 Å². The van der Waals surface area contributed by atoms with E-state index >= 15 is 0 Å². The molecule has 33 heavy (non-hydrogen) atoms. The second-order valence-electron chi connectivity index (χ2n) is 7.99. The molecule has 6 N–H and O–H groups in total. The Labute approximate surface area is 194 Å². The normalized spacial score (nSPS) is 18.1. The summed E-state index contributed by atoms with van der Waals surface area (Å²) in [6, 6.07) is 6.58. The van der Waals surface area contributed by atoms with Gasteiger partial charge in [0.25, 0.3) is 5.91 Å². The molecule has 2 aromatic heterocycles. The van der Waals surface area contributed by atoms with Crippen LogP contribution in [0.2, 0.25) is 5.02 Å². The Balaban J connectivity index is 1.67. The summed E-state index contributed by atoms with van der Waals surface area (Å²) in [4.78, 5) is 20.3. The standard InChI is InChI=1S/C23H23ClF2N6O/c24-13-5-6-17(25)15(8-13)12-7-14(11-29-10-12)30-22-16(21(28)33)9-18(26)23(32-22)31-20-4-2-1-3-19(20)27/h5-11,19-20H,1-4,27H2,(H2,28,33)(H2,30,31,32)/t19-,20+/m0/s1. The van der Waals surface area contributed by atoms with Gasteiger partial charge in [0.1, 0.15) is 11.6 Å². The van der Waals surface area contributed by atoms with Crippen LogP contribution in [-0.4, -0.2) is 28.0 Å². The van der Waals surface area contributed by atoms with Crippen LogP contribution in [0.3, 0.4) is 0 Å². The highest BCUT2D eigenvalue weighted by atomic mass is 35.5. The molecule has 3 aromatic rings. The first-order valence-corrected chi connectivity index (χ1v) is 10.9. The number of nitrogens with one attached hydrogen (secondary N) is 2. The highest BCUT2D eigenvalue weighted by Gasteiger charge is 2.24. The van der Waals surface area contributed by atoms with E-state index in [9.17, 15) is 13.6 Å². The third-order valence-corrected chi connectivity index (χ3v) is 5.86. The van der Waals surface area contributed by atoms with E-state index in [4.69, 9.17) is 23.1 Å². The summed E-state index contributed by atoms with van der Waals surface area (Å²) >= 11 is 6.00. The number of amides is 1. The van der Waals surface area contributed by atoms with Crippen molar-refractivity contribution in [2.45, 2.75) is 37.8 Å². The largest absolute Gasteiger partial charge is 0.365 e. The number of primary amides is 1. The van der Waals surface area contributed by atoms with E-state index in [1.807, 2.05) is 0 Å². The molecular formula is C23H23ClF2N6O. The monoisotopic (exact) mass is 472 g/mol. The molecule has 0 saturated heterocycles. The van der Waals surface area contributed by atoms with Crippen molar-refractivity contribution < 1.29 is 13.6 Å². The minimum Gasteiger partial charge on any atom is -0.365 e. The third kappa shape index (κ3) is 5.20. The Morgan fingerprint density at radius 1 is 1.06 bits per heavy atom. The molecule has 172 valence electrons. The molecular weight excluding hydrogens is 450 g/mol. The van der Waals surface area contributed by atoms with E-state index in [1.165, 1.54) is 30.6 Å². The number of benzene rings is 1. The quantitative estimate of drug-likeness (QED) is 0.416. The molecule has 0 spiro atoms. The van der Waals surface area contributed by atoms with Crippen LogP contribution in [0, 0.1) is 11.6 Å². The van der Waals surface area contributed by atoms with Crippen molar-refractivity contribution in [3.63, 3.8) is 0 Å². The van der Waals surface area contributed by atoms with Gasteiger partial charge in [0.2, 0.25) is 0 Å². The van der Waals surface area contributed by atoms with Crippen LogP contribution in [0.4, 0.5) is 26.1 Å². The SMILES string of the molecule is NC(=O)c1cc(F)c(N[C@@H]2CCCC[C@@H]2N)nc1Nc1cncc(-c2cc(Cl)ccc2F)c1. The lowest BCUT2D eigenvalue weighted by molar-refractivity contribution is 0.100. The molecule has 2 heterocycles. The fraction of sp³-hybridized carbons (Fsp3) is 0.261. The van der Waals surface area contributed by atoms with Crippen LogP contribution in [0.1, 0.15) is 36.0 Å². The number of pyridine rings is 2. The molecule has 1 aliphatic carbocycles. The minimum absolute atomic E-state index is 0.0325. The average molecular weight is 473 g/mol. The van der Waals surface area contributed by atoms with Crippen molar-refractivity contribution >= 4 is 34.8 Å². The van der Waals surface area contributed by atoms with Gasteiger partial charge >= 0.3 is 0 Å². The van der Waals surface area contributed by atoms with Crippen molar-refractivity contribution in [2.24, 2.45) is 11.5 Å². The van der Waals surface area contributed by atoms with Crippen molar-refractivity contribution in [1.29, 1.82) is 0 Å². The summed E-state index contributed by atoms with van der Waals surface area (Å²) in [5.74, 6) is -2.02. The summed E-state index contributed by atoms with van der Waals surface area (Å²) in [7, 11) is 0. The van der Waals surface area contributed by atoms with E-state index < -0.39 is 17.5 Å². The number of halogens is 3. The summed E-state index contributed by atoms with van der Waals surface area (Å²) in [6.07, 6.45) is 6.58. The van der Waals surface area contributed by atoms with Gasteiger partial charge in [-0.05, 0) is 43.2 Å². The van der Waals surface area contributed by atoms with Crippen LogP contribution < -0.4 is 22.1 Å². The van der Waals surface area contributed by atoms with Crippen LogP contribution in [0.15, 0.2) is 42.7 Å². The third-order valence-electron chi connectivity index (χ3n) is 5.62. The molecule has 0 bridgehead atoms. The number of anilines is 3. The van der Waals surface area contributed by atoms with Crippen LogP contribution in [0.5, 0.6) is 0 Å². The Hall–Kier alpha value is -3.30. The van der Waals surface area contributed by atoms with Gasteiger partial charge in [-0.1, -0.05) is 24.4 Å². The van der Waals surface area contributed by atoms with Gasteiger partial charge < -0.3 is 22.1 Å². The molecule has 2 atom stereocenters. The molecule has 0 aliphatic heterocycles. The average Bonchev–Trinajstić information content (AvgIpc) is 2.79. The molecule has 7 nitrogen and oxygen atoms in total. The number of carbonyl (C=O) groups excluding carboxylic acids is 1. The van der Waals surface area contributed by atoms with Gasteiger partial charge in [-0.15, -0.1) is 0 Å². The van der Waals surface area contributed by atoms with Crippen LogP contribution in [-0.2, 0) is 0 Å². The zero-order valence-electron chi connectivity index (χ0n) is 17.6. The Morgan fingerprint density at radius 3 is 2.61 bits per heavy atom. The smallest absolute Gasteiger partial charge is 0.252 e. The van der Waals surface area contributed by atoms with Crippen molar-refractivity contribution in [2.75, 3.05) is 10.6 Å². The number of aromatic nitrogens is 2. The van der Waals surface area contributed by atoms with Gasteiger partial charge in [-0.2, -0.15) is 0 Å². The number of nitrogens with zero attached hydrogens (tertiary/aromatic N) is 2. The van der Waals surface area contributed by atoms with Crippen LogP contribution >= 0.6 is 11.6 Å². The minimum atomic E-state index is -0.852. The zero-order chi connectivity index (χ0) is 23.5. The van der Waals surface area contributed by atoms with Crippen molar-refractivity contribution in [1.82, 2.24) is 9.97 Å². The van der Waals surface area contributed by atoms with Gasteiger partial charge in [-0.3, -0.25) is 9.78 Å². The summed E-state index contributed by atoms with van der Waals surface area (Å²) < 4.78 is 29.0. The van der Waals surface area contributed by atoms with E-state index in [1.54, 1.807) is 6.07 Å². The van der Waals surface area contributed by atoms with Gasteiger partial charge in [0.05, 0.1) is 17.4 Å². The van der Waals surface area contributed by atoms with Gasteiger partial charge in [0, 0.05) is 34.4 Å². The molecule has 0 radical (unpaired) electrons. The fourth-order valence-electron chi connectivity index (χ4n) is 3.90. The topological polar surface area (TPSA) is 119 Å². The van der Waals surface area contributed by atoms with Crippen molar-refractivity contribution in [3.8, 4) is 11.1 Å². The summed E-state index contributed by atoms with van der Waals surface area (Å²) in [5.41, 5.74) is 12.6.